The molecule has 3 rings (SSSR count). The smallest absolute Gasteiger partial charge is 0.206 e. The average Bonchev–Trinajstić information content (AvgIpc) is 3.07. The van der Waals surface area contributed by atoms with E-state index in [1.54, 1.807) is 17.1 Å². The van der Waals surface area contributed by atoms with Crippen molar-refractivity contribution in [2.75, 3.05) is 0 Å². The van der Waals surface area contributed by atoms with Gasteiger partial charge in [0.25, 0.3) is 0 Å². The number of ketones is 1. The van der Waals surface area contributed by atoms with Crippen molar-refractivity contribution in [2.45, 2.75) is 0 Å². The van der Waals surface area contributed by atoms with E-state index in [4.69, 9.17) is 0 Å². The number of aromatic nitrogens is 2. The van der Waals surface area contributed by atoms with Gasteiger partial charge in [0.05, 0.1) is 26.1 Å². The molecule has 0 saturated heterocycles. The first-order valence-corrected chi connectivity index (χ1v) is 8.15. The molecule has 0 bridgehead atoms. The van der Waals surface area contributed by atoms with Crippen molar-refractivity contribution in [1.82, 2.24) is 9.78 Å². The maximum absolute atomic E-state index is 12.4. The van der Waals surface area contributed by atoms with Gasteiger partial charge < -0.3 is 0 Å². The third-order valence-electron chi connectivity index (χ3n) is 2.73. The van der Waals surface area contributed by atoms with E-state index in [2.05, 4.69) is 37.0 Å². The summed E-state index contributed by atoms with van der Waals surface area (Å²) < 4.78 is 3.50. The van der Waals surface area contributed by atoms with Crippen LogP contribution in [0.2, 0.25) is 0 Å². The molecule has 2 heterocycles. The number of benzene rings is 1. The molecule has 0 unspecified atom stereocenters. The highest BCUT2D eigenvalue weighted by Crippen LogP contribution is 2.33. The van der Waals surface area contributed by atoms with Crippen LogP contribution in [0.4, 0.5) is 0 Å². The number of rotatable bonds is 3. The molecule has 1 aromatic carbocycles. The molecule has 0 N–H and O–H groups in total. The van der Waals surface area contributed by atoms with E-state index < -0.39 is 0 Å². The Balaban J connectivity index is 1.92. The summed E-state index contributed by atoms with van der Waals surface area (Å²) in [4.78, 5) is 13.0. The van der Waals surface area contributed by atoms with Crippen LogP contribution in [0.1, 0.15) is 15.2 Å². The van der Waals surface area contributed by atoms with Gasteiger partial charge in [-0.15, -0.1) is 11.3 Å². The van der Waals surface area contributed by atoms with Crippen LogP contribution in [-0.2, 0) is 0 Å². The van der Waals surface area contributed by atoms with Crippen LogP contribution >= 0.6 is 43.2 Å². The molecule has 0 amide bonds. The van der Waals surface area contributed by atoms with E-state index in [1.165, 1.54) is 11.3 Å². The normalized spacial score (nSPS) is 10.7. The lowest BCUT2D eigenvalue weighted by Gasteiger charge is -1.98. The second-order valence-corrected chi connectivity index (χ2v) is 7.29. The molecule has 0 radical (unpaired) electrons. The second kappa shape index (κ2) is 5.63. The minimum atomic E-state index is -0.0245. The summed E-state index contributed by atoms with van der Waals surface area (Å²) in [5, 5.41) is 4.24. The molecule has 20 heavy (non-hydrogen) atoms. The SMILES string of the molecule is O=C(c1cnn(-c2ccccc2)c1)c1cc(Br)c(Br)s1. The Kier molecular flexibility index (Phi) is 3.87. The van der Waals surface area contributed by atoms with Gasteiger partial charge in [0.2, 0.25) is 5.78 Å². The Hall–Kier alpha value is -1.24. The summed E-state index contributed by atoms with van der Waals surface area (Å²) in [6.07, 6.45) is 3.34. The molecule has 0 fully saturated rings. The van der Waals surface area contributed by atoms with E-state index >= 15 is 0 Å². The van der Waals surface area contributed by atoms with Crippen molar-refractivity contribution >= 4 is 49.0 Å². The van der Waals surface area contributed by atoms with E-state index in [9.17, 15) is 4.79 Å². The summed E-state index contributed by atoms with van der Waals surface area (Å²) in [5.41, 5.74) is 1.51. The van der Waals surface area contributed by atoms with Gasteiger partial charge in [0.1, 0.15) is 0 Å². The predicted molar refractivity (Wildman–Crippen MR) is 86.7 cm³/mol. The number of hydrogen-bond donors (Lipinski definition) is 0. The maximum Gasteiger partial charge on any atom is 0.206 e. The third-order valence-corrected chi connectivity index (χ3v) is 5.99. The van der Waals surface area contributed by atoms with Gasteiger partial charge in [-0.3, -0.25) is 4.79 Å². The summed E-state index contributed by atoms with van der Waals surface area (Å²) in [5.74, 6) is -0.0245. The number of nitrogens with zero attached hydrogens (tertiary/aromatic N) is 2. The monoisotopic (exact) mass is 410 g/mol. The Morgan fingerprint density at radius 2 is 1.95 bits per heavy atom. The molecule has 0 aliphatic heterocycles. The van der Waals surface area contributed by atoms with Crippen molar-refractivity contribution < 1.29 is 4.79 Å². The van der Waals surface area contributed by atoms with Crippen molar-refractivity contribution in [2.24, 2.45) is 0 Å². The van der Waals surface area contributed by atoms with Crippen molar-refractivity contribution in [1.29, 1.82) is 0 Å². The average molecular weight is 412 g/mol. The van der Waals surface area contributed by atoms with Crippen LogP contribution in [0.15, 0.2) is 57.1 Å². The highest BCUT2D eigenvalue weighted by atomic mass is 79.9. The zero-order valence-corrected chi connectivity index (χ0v) is 14.1. The fraction of sp³-hybridized carbons (Fsp3) is 0. The molecule has 0 aliphatic rings. The first-order valence-electron chi connectivity index (χ1n) is 5.75. The van der Waals surface area contributed by atoms with Crippen LogP contribution < -0.4 is 0 Å². The van der Waals surface area contributed by atoms with Crippen LogP contribution in [0.5, 0.6) is 0 Å². The van der Waals surface area contributed by atoms with Gasteiger partial charge in [-0.2, -0.15) is 5.10 Å². The van der Waals surface area contributed by atoms with Crippen LogP contribution in [-0.4, -0.2) is 15.6 Å². The molecule has 100 valence electrons. The lowest BCUT2D eigenvalue weighted by atomic mass is 10.2. The highest BCUT2D eigenvalue weighted by molar-refractivity contribution is 9.13. The largest absolute Gasteiger partial charge is 0.288 e. The van der Waals surface area contributed by atoms with E-state index in [0.29, 0.717) is 10.4 Å². The van der Waals surface area contributed by atoms with Gasteiger partial charge >= 0.3 is 0 Å². The number of thiophene rings is 1. The number of carbonyl (C=O) groups excluding carboxylic acids is 1. The number of hydrogen-bond acceptors (Lipinski definition) is 3. The van der Waals surface area contributed by atoms with Gasteiger partial charge in [-0.05, 0) is 50.1 Å². The Morgan fingerprint density at radius 3 is 2.60 bits per heavy atom. The molecule has 0 aliphatic carbocycles. The third kappa shape index (κ3) is 2.63. The van der Waals surface area contributed by atoms with Gasteiger partial charge in [-0.25, -0.2) is 4.68 Å². The quantitative estimate of drug-likeness (QED) is 0.586. The van der Waals surface area contributed by atoms with Crippen LogP contribution in [0.3, 0.4) is 0 Å². The Labute approximate surface area is 136 Å². The zero-order valence-electron chi connectivity index (χ0n) is 10.1. The molecule has 2 aromatic heterocycles. The van der Waals surface area contributed by atoms with E-state index in [1.807, 2.05) is 36.4 Å². The van der Waals surface area contributed by atoms with Crippen LogP contribution in [0.25, 0.3) is 5.69 Å². The second-order valence-electron chi connectivity index (χ2n) is 4.07. The maximum atomic E-state index is 12.4. The lowest BCUT2D eigenvalue weighted by molar-refractivity contribution is 0.104. The van der Waals surface area contributed by atoms with Gasteiger partial charge in [-0.1, -0.05) is 18.2 Å². The van der Waals surface area contributed by atoms with Crippen molar-refractivity contribution in [3.8, 4) is 5.69 Å². The topological polar surface area (TPSA) is 34.9 Å². The van der Waals surface area contributed by atoms with Crippen LogP contribution in [0, 0.1) is 0 Å². The summed E-state index contributed by atoms with van der Waals surface area (Å²) >= 11 is 8.19. The molecular weight excluding hydrogens is 404 g/mol. The fourth-order valence-electron chi connectivity index (χ4n) is 1.76. The molecule has 0 spiro atoms. The number of para-hydroxylation sites is 1. The lowest BCUT2D eigenvalue weighted by Crippen LogP contribution is -1.97. The molecule has 6 heteroatoms. The summed E-state index contributed by atoms with van der Waals surface area (Å²) in [6, 6.07) is 11.5. The number of carbonyl (C=O) groups is 1. The van der Waals surface area contributed by atoms with E-state index in [-0.39, 0.29) is 5.78 Å². The number of halogens is 2. The summed E-state index contributed by atoms with van der Waals surface area (Å²) in [6.45, 7) is 0. The summed E-state index contributed by atoms with van der Waals surface area (Å²) in [7, 11) is 0. The molecule has 0 atom stereocenters. The Morgan fingerprint density at radius 1 is 1.20 bits per heavy atom. The fourth-order valence-corrected chi connectivity index (χ4v) is 3.76. The Bertz CT molecular complexity index is 745. The van der Waals surface area contributed by atoms with Crippen molar-refractivity contribution in [3.05, 3.63) is 67.5 Å². The molecular formula is C14H8Br2N2OS. The van der Waals surface area contributed by atoms with Crippen molar-refractivity contribution in [3.63, 3.8) is 0 Å². The van der Waals surface area contributed by atoms with Gasteiger partial charge in [0.15, 0.2) is 0 Å². The van der Waals surface area contributed by atoms with Gasteiger partial charge in [0, 0.05) is 10.7 Å². The molecule has 0 saturated carbocycles. The molecule has 3 aromatic rings. The minimum absolute atomic E-state index is 0.0245. The first-order chi connectivity index (χ1) is 9.65. The first kappa shape index (κ1) is 13.7. The van der Waals surface area contributed by atoms with E-state index in [0.717, 1.165) is 13.9 Å². The highest BCUT2D eigenvalue weighted by Gasteiger charge is 2.16. The standard InChI is InChI=1S/C14H8Br2N2OS/c15-11-6-12(20-14(11)16)13(19)9-7-17-18(8-9)10-4-2-1-3-5-10/h1-8H. The minimum Gasteiger partial charge on any atom is -0.288 e. The zero-order chi connectivity index (χ0) is 14.1. The molecule has 3 nitrogen and oxygen atoms in total. The predicted octanol–water partition coefficient (Wildman–Crippen LogP) is 4.69.